The SMILES string of the molecule is COc1ccc(C)cc1C(=O)/C=C/c1ccc(C(F)(F)F)cc1. The first-order valence-corrected chi connectivity index (χ1v) is 6.85. The number of aryl methyl sites for hydroxylation is 1. The van der Waals surface area contributed by atoms with Crippen molar-refractivity contribution in [3.63, 3.8) is 0 Å². The molecule has 0 aliphatic heterocycles. The van der Waals surface area contributed by atoms with Crippen molar-refractivity contribution in [2.75, 3.05) is 7.11 Å². The molecule has 0 atom stereocenters. The number of ether oxygens (including phenoxy) is 1. The summed E-state index contributed by atoms with van der Waals surface area (Å²) in [5, 5.41) is 0. The van der Waals surface area contributed by atoms with Gasteiger partial charge >= 0.3 is 6.18 Å². The number of carbonyl (C=O) groups is 1. The van der Waals surface area contributed by atoms with E-state index in [1.807, 2.05) is 13.0 Å². The van der Waals surface area contributed by atoms with Crippen molar-refractivity contribution in [2.45, 2.75) is 13.1 Å². The van der Waals surface area contributed by atoms with Crippen LogP contribution >= 0.6 is 0 Å². The average molecular weight is 320 g/mol. The minimum absolute atomic E-state index is 0.273. The summed E-state index contributed by atoms with van der Waals surface area (Å²) in [6.07, 6.45) is -1.57. The van der Waals surface area contributed by atoms with Crippen LogP contribution in [0.4, 0.5) is 13.2 Å². The van der Waals surface area contributed by atoms with Crippen molar-refractivity contribution >= 4 is 11.9 Å². The van der Waals surface area contributed by atoms with Gasteiger partial charge in [-0.1, -0.05) is 29.8 Å². The molecule has 0 radical (unpaired) electrons. The number of carbonyl (C=O) groups excluding carboxylic acids is 1. The molecule has 0 saturated carbocycles. The van der Waals surface area contributed by atoms with Crippen LogP contribution in [0.25, 0.3) is 6.08 Å². The molecule has 0 fully saturated rings. The lowest BCUT2D eigenvalue weighted by molar-refractivity contribution is -0.137. The van der Waals surface area contributed by atoms with E-state index in [-0.39, 0.29) is 5.78 Å². The average Bonchev–Trinajstić information content (AvgIpc) is 2.52. The minimum atomic E-state index is -4.37. The third-order valence-electron chi connectivity index (χ3n) is 3.29. The Labute approximate surface area is 132 Å². The van der Waals surface area contributed by atoms with Gasteiger partial charge < -0.3 is 4.74 Å². The van der Waals surface area contributed by atoms with E-state index in [9.17, 15) is 18.0 Å². The highest BCUT2D eigenvalue weighted by molar-refractivity contribution is 6.08. The number of hydrogen-bond donors (Lipinski definition) is 0. The van der Waals surface area contributed by atoms with Crippen LogP contribution in [0.2, 0.25) is 0 Å². The van der Waals surface area contributed by atoms with E-state index in [0.717, 1.165) is 17.7 Å². The van der Waals surface area contributed by atoms with Crippen LogP contribution in [0.3, 0.4) is 0 Å². The smallest absolute Gasteiger partial charge is 0.416 e. The number of allylic oxidation sites excluding steroid dienone is 1. The van der Waals surface area contributed by atoms with Gasteiger partial charge in [0.25, 0.3) is 0 Å². The maximum Gasteiger partial charge on any atom is 0.416 e. The molecule has 0 bridgehead atoms. The lowest BCUT2D eigenvalue weighted by Crippen LogP contribution is -2.04. The molecule has 2 rings (SSSR count). The van der Waals surface area contributed by atoms with Crippen molar-refractivity contribution in [2.24, 2.45) is 0 Å². The summed E-state index contributed by atoms with van der Waals surface area (Å²) in [5.74, 6) is 0.183. The van der Waals surface area contributed by atoms with Crippen LogP contribution in [0.5, 0.6) is 5.75 Å². The van der Waals surface area contributed by atoms with Crippen LogP contribution in [0, 0.1) is 6.92 Å². The summed E-state index contributed by atoms with van der Waals surface area (Å²) in [7, 11) is 1.47. The Bertz CT molecular complexity index is 729. The number of halogens is 3. The molecule has 0 aromatic heterocycles. The van der Waals surface area contributed by atoms with Gasteiger partial charge in [0.2, 0.25) is 0 Å². The summed E-state index contributed by atoms with van der Waals surface area (Å²) in [5.41, 5.74) is 1.12. The van der Waals surface area contributed by atoms with E-state index in [1.54, 1.807) is 12.1 Å². The highest BCUT2D eigenvalue weighted by atomic mass is 19.4. The van der Waals surface area contributed by atoms with Crippen LogP contribution in [-0.2, 0) is 6.18 Å². The minimum Gasteiger partial charge on any atom is -0.496 e. The van der Waals surface area contributed by atoms with E-state index in [1.165, 1.54) is 31.4 Å². The molecule has 0 unspecified atom stereocenters. The molecule has 0 saturated heterocycles. The first-order valence-electron chi connectivity index (χ1n) is 6.85. The van der Waals surface area contributed by atoms with Crippen molar-refractivity contribution in [3.05, 3.63) is 70.8 Å². The van der Waals surface area contributed by atoms with E-state index in [4.69, 9.17) is 4.74 Å². The number of rotatable bonds is 4. The molecule has 23 heavy (non-hydrogen) atoms. The highest BCUT2D eigenvalue weighted by Gasteiger charge is 2.29. The van der Waals surface area contributed by atoms with Gasteiger partial charge in [-0.2, -0.15) is 13.2 Å². The number of alkyl halides is 3. The van der Waals surface area contributed by atoms with Crippen molar-refractivity contribution in [3.8, 4) is 5.75 Å². The molecule has 2 aromatic rings. The third-order valence-corrected chi connectivity index (χ3v) is 3.29. The van der Waals surface area contributed by atoms with E-state index in [2.05, 4.69) is 0 Å². The first-order chi connectivity index (χ1) is 10.8. The molecule has 0 aliphatic rings. The Balaban J connectivity index is 2.20. The molecule has 0 heterocycles. The lowest BCUT2D eigenvalue weighted by Gasteiger charge is -2.07. The number of hydrogen-bond acceptors (Lipinski definition) is 2. The van der Waals surface area contributed by atoms with Gasteiger partial charge in [-0.25, -0.2) is 0 Å². The van der Waals surface area contributed by atoms with Gasteiger partial charge in [-0.15, -0.1) is 0 Å². The molecule has 0 N–H and O–H groups in total. The fourth-order valence-corrected chi connectivity index (χ4v) is 2.06. The zero-order chi connectivity index (χ0) is 17.0. The molecule has 2 aromatic carbocycles. The summed E-state index contributed by atoms with van der Waals surface area (Å²) in [6, 6.07) is 9.84. The summed E-state index contributed by atoms with van der Waals surface area (Å²) >= 11 is 0. The monoisotopic (exact) mass is 320 g/mol. The Hall–Kier alpha value is -2.56. The fourth-order valence-electron chi connectivity index (χ4n) is 2.06. The van der Waals surface area contributed by atoms with Crippen LogP contribution < -0.4 is 4.74 Å². The Kier molecular flexibility index (Phi) is 4.89. The predicted molar refractivity (Wildman–Crippen MR) is 82.5 cm³/mol. The second-order valence-electron chi connectivity index (χ2n) is 5.02. The van der Waals surface area contributed by atoms with Crippen molar-refractivity contribution in [1.29, 1.82) is 0 Å². The van der Waals surface area contributed by atoms with E-state index < -0.39 is 11.7 Å². The van der Waals surface area contributed by atoms with Gasteiger partial charge in [0.1, 0.15) is 5.75 Å². The molecule has 0 amide bonds. The maximum atomic E-state index is 12.5. The molecule has 120 valence electrons. The largest absolute Gasteiger partial charge is 0.496 e. The lowest BCUT2D eigenvalue weighted by atomic mass is 10.0. The maximum absolute atomic E-state index is 12.5. The quantitative estimate of drug-likeness (QED) is 0.590. The predicted octanol–water partition coefficient (Wildman–Crippen LogP) is 4.92. The Morgan fingerprint density at radius 1 is 1.09 bits per heavy atom. The molecular weight excluding hydrogens is 305 g/mol. The van der Waals surface area contributed by atoms with Gasteiger partial charge in [0.15, 0.2) is 5.78 Å². The molecule has 5 heteroatoms. The second-order valence-corrected chi connectivity index (χ2v) is 5.02. The van der Waals surface area contributed by atoms with E-state index >= 15 is 0 Å². The summed E-state index contributed by atoms with van der Waals surface area (Å²) < 4.78 is 42.6. The Morgan fingerprint density at radius 3 is 2.30 bits per heavy atom. The normalized spacial score (nSPS) is 11.7. The molecule has 2 nitrogen and oxygen atoms in total. The van der Waals surface area contributed by atoms with E-state index in [0.29, 0.717) is 16.9 Å². The number of methoxy groups -OCH3 is 1. The van der Waals surface area contributed by atoms with Gasteiger partial charge in [0.05, 0.1) is 18.2 Å². The third kappa shape index (κ3) is 4.22. The van der Waals surface area contributed by atoms with Gasteiger partial charge in [0, 0.05) is 0 Å². The topological polar surface area (TPSA) is 26.3 Å². The van der Waals surface area contributed by atoms with Crippen LogP contribution in [0.15, 0.2) is 48.5 Å². The zero-order valence-corrected chi connectivity index (χ0v) is 12.6. The Morgan fingerprint density at radius 2 is 1.74 bits per heavy atom. The molecule has 0 spiro atoms. The molecule has 0 aliphatic carbocycles. The van der Waals surface area contributed by atoms with Crippen LogP contribution in [-0.4, -0.2) is 12.9 Å². The van der Waals surface area contributed by atoms with Gasteiger partial charge in [-0.3, -0.25) is 4.79 Å². The number of benzene rings is 2. The number of ketones is 1. The van der Waals surface area contributed by atoms with Crippen molar-refractivity contribution < 1.29 is 22.7 Å². The fraction of sp³-hybridized carbons (Fsp3) is 0.167. The van der Waals surface area contributed by atoms with Crippen molar-refractivity contribution in [1.82, 2.24) is 0 Å². The second kappa shape index (κ2) is 6.69. The zero-order valence-electron chi connectivity index (χ0n) is 12.6. The highest BCUT2D eigenvalue weighted by Crippen LogP contribution is 2.29. The van der Waals surface area contributed by atoms with Gasteiger partial charge in [-0.05, 0) is 42.8 Å². The summed E-state index contributed by atoms with van der Waals surface area (Å²) in [4.78, 5) is 12.2. The standard InChI is InChI=1S/C18H15F3O2/c1-12-3-10-17(23-2)15(11-12)16(22)9-6-13-4-7-14(8-5-13)18(19,20)21/h3-11H,1-2H3/b9-6+. The summed E-state index contributed by atoms with van der Waals surface area (Å²) in [6.45, 7) is 1.86. The van der Waals surface area contributed by atoms with Crippen LogP contribution in [0.1, 0.15) is 27.0 Å². The first kappa shape index (κ1) is 16.8. The molecular formula is C18H15F3O2.